The molecule has 4 heteroatoms. The molecular formula is C20H24O3S. The predicted octanol–water partition coefficient (Wildman–Crippen LogP) is 4.49. The van der Waals surface area contributed by atoms with Gasteiger partial charge in [-0.15, -0.1) is 6.58 Å². The SMILES string of the molecule is C=CCC[C@@H]([C@@H](OC)c1ccccc1)S(=O)(=O)c1ccc(C)cc1. The number of hydrogen-bond donors (Lipinski definition) is 0. The molecule has 0 N–H and O–H groups in total. The summed E-state index contributed by atoms with van der Waals surface area (Å²) in [4.78, 5) is 0.333. The van der Waals surface area contributed by atoms with E-state index in [2.05, 4.69) is 6.58 Å². The molecule has 0 aliphatic heterocycles. The quantitative estimate of drug-likeness (QED) is 0.663. The average molecular weight is 344 g/mol. The van der Waals surface area contributed by atoms with Crippen molar-refractivity contribution >= 4 is 9.84 Å². The third kappa shape index (κ3) is 4.13. The minimum Gasteiger partial charge on any atom is -0.375 e. The number of methoxy groups -OCH3 is 1. The molecule has 2 atom stereocenters. The van der Waals surface area contributed by atoms with Gasteiger partial charge in [-0.25, -0.2) is 8.42 Å². The van der Waals surface area contributed by atoms with E-state index in [0.29, 0.717) is 17.7 Å². The maximum atomic E-state index is 13.2. The zero-order valence-corrected chi connectivity index (χ0v) is 15.0. The van der Waals surface area contributed by atoms with Crippen molar-refractivity contribution in [2.24, 2.45) is 0 Å². The van der Waals surface area contributed by atoms with Gasteiger partial charge in [-0.1, -0.05) is 54.1 Å². The Balaban J connectivity index is 2.46. The van der Waals surface area contributed by atoms with Crippen LogP contribution in [-0.2, 0) is 14.6 Å². The lowest BCUT2D eigenvalue weighted by atomic mass is 10.0. The maximum Gasteiger partial charge on any atom is 0.184 e. The van der Waals surface area contributed by atoms with E-state index in [1.165, 1.54) is 0 Å². The Labute approximate surface area is 144 Å². The summed E-state index contributed by atoms with van der Waals surface area (Å²) in [6.07, 6.45) is 2.31. The first-order chi connectivity index (χ1) is 11.5. The summed E-state index contributed by atoms with van der Waals surface area (Å²) in [5, 5.41) is -0.661. The highest BCUT2D eigenvalue weighted by molar-refractivity contribution is 7.92. The second kappa shape index (κ2) is 8.27. The van der Waals surface area contributed by atoms with E-state index in [1.807, 2.05) is 49.4 Å². The highest BCUT2D eigenvalue weighted by Gasteiger charge is 2.35. The molecule has 0 bridgehead atoms. The Morgan fingerprint density at radius 2 is 1.71 bits per heavy atom. The van der Waals surface area contributed by atoms with Gasteiger partial charge in [-0.2, -0.15) is 0 Å². The van der Waals surface area contributed by atoms with Gasteiger partial charge in [0, 0.05) is 7.11 Å². The van der Waals surface area contributed by atoms with Crippen LogP contribution in [0.25, 0.3) is 0 Å². The lowest BCUT2D eigenvalue weighted by Gasteiger charge is -2.26. The van der Waals surface area contributed by atoms with E-state index < -0.39 is 21.2 Å². The van der Waals surface area contributed by atoms with Gasteiger partial charge >= 0.3 is 0 Å². The normalized spacial score (nSPS) is 14.1. The van der Waals surface area contributed by atoms with Crippen molar-refractivity contribution < 1.29 is 13.2 Å². The maximum absolute atomic E-state index is 13.2. The van der Waals surface area contributed by atoms with Crippen LogP contribution in [0.3, 0.4) is 0 Å². The largest absolute Gasteiger partial charge is 0.375 e. The summed E-state index contributed by atoms with van der Waals surface area (Å²) in [6, 6.07) is 16.5. The van der Waals surface area contributed by atoms with Crippen LogP contribution in [0.15, 0.2) is 72.1 Å². The smallest absolute Gasteiger partial charge is 0.184 e. The standard InChI is InChI=1S/C20H24O3S/c1-4-5-11-19(20(23-3)17-9-7-6-8-10-17)24(21,22)18-14-12-16(2)13-15-18/h4,6-10,12-15,19-20H,1,5,11H2,2-3H3/t19-,20-/m0/s1. The minimum atomic E-state index is -3.52. The summed E-state index contributed by atoms with van der Waals surface area (Å²) >= 11 is 0. The van der Waals surface area contributed by atoms with Gasteiger partial charge in [0.05, 0.1) is 16.2 Å². The fraction of sp³-hybridized carbons (Fsp3) is 0.300. The van der Waals surface area contributed by atoms with E-state index in [4.69, 9.17) is 4.74 Å². The van der Waals surface area contributed by atoms with Gasteiger partial charge in [-0.3, -0.25) is 0 Å². The molecule has 0 radical (unpaired) electrons. The van der Waals surface area contributed by atoms with E-state index in [-0.39, 0.29) is 0 Å². The molecule has 0 aliphatic rings. The van der Waals surface area contributed by atoms with Crippen LogP contribution in [0.5, 0.6) is 0 Å². The molecule has 2 rings (SSSR count). The molecule has 2 aromatic carbocycles. The van der Waals surface area contributed by atoms with Gasteiger partial charge in [-0.05, 0) is 37.5 Å². The van der Waals surface area contributed by atoms with Gasteiger partial charge in [0.15, 0.2) is 9.84 Å². The Kier molecular flexibility index (Phi) is 6.35. The van der Waals surface area contributed by atoms with Crippen molar-refractivity contribution in [1.82, 2.24) is 0 Å². The minimum absolute atomic E-state index is 0.333. The number of allylic oxidation sites excluding steroid dienone is 1. The first-order valence-electron chi connectivity index (χ1n) is 8.00. The molecule has 0 heterocycles. The molecule has 0 saturated carbocycles. The molecule has 3 nitrogen and oxygen atoms in total. The molecule has 0 fully saturated rings. The highest BCUT2D eigenvalue weighted by atomic mass is 32.2. The van der Waals surface area contributed by atoms with Crippen LogP contribution in [0, 0.1) is 6.92 Å². The zero-order chi connectivity index (χ0) is 17.6. The molecular weight excluding hydrogens is 320 g/mol. The monoisotopic (exact) mass is 344 g/mol. The molecule has 0 saturated heterocycles. The number of benzene rings is 2. The second-order valence-corrected chi connectivity index (χ2v) is 8.00. The van der Waals surface area contributed by atoms with Crippen LogP contribution in [-0.4, -0.2) is 20.8 Å². The summed E-state index contributed by atoms with van der Waals surface area (Å²) in [7, 11) is -1.96. The van der Waals surface area contributed by atoms with Crippen molar-refractivity contribution in [2.75, 3.05) is 7.11 Å². The number of ether oxygens (including phenoxy) is 1. The van der Waals surface area contributed by atoms with E-state index in [9.17, 15) is 8.42 Å². The van der Waals surface area contributed by atoms with E-state index >= 15 is 0 Å². The molecule has 128 valence electrons. The topological polar surface area (TPSA) is 43.4 Å². The molecule has 0 aliphatic carbocycles. The van der Waals surface area contributed by atoms with Crippen LogP contribution >= 0.6 is 0 Å². The zero-order valence-electron chi connectivity index (χ0n) is 14.2. The first kappa shape index (κ1) is 18.4. The first-order valence-corrected chi connectivity index (χ1v) is 9.54. The third-order valence-corrected chi connectivity index (χ3v) is 6.33. The summed E-state index contributed by atoms with van der Waals surface area (Å²) < 4.78 is 32.0. The van der Waals surface area contributed by atoms with Gasteiger partial charge in [0.1, 0.15) is 0 Å². The van der Waals surface area contributed by atoms with Crippen LogP contribution < -0.4 is 0 Å². The van der Waals surface area contributed by atoms with Crippen molar-refractivity contribution in [3.05, 3.63) is 78.4 Å². The Bertz CT molecular complexity index is 749. The average Bonchev–Trinajstić information content (AvgIpc) is 2.59. The number of sulfone groups is 1. The van der Waals surface area contributed by atoms with Gasteiger partial charge < -0.3 is 4.74 Å². The molecule has 0 aromatic heterocycles. The number of aryl methyl sites for hydroxylation is 1. The third-order valence-electron chi connectivity index (χ3n) is 4.12. The molecule has 0 unspecified atom stereocenters. The summed E-state index contributed by atoms with van der Waals surface area (Å²) in [6.45, 7) is 5.66. The van der Waals surface area contributed by atoms with Crippen molar-refractivity contribution in [1.29, 1.82) is 0 Å². The van der Waals surface area contributed by atoms with Crippen LogP contribution in [0.4, 0.5) is 0 Å². The van der Waals surface area contributed by atoms with Crippen LogP contribution in [0.2, 0.25) is 0 Å². The van der Waals surface area contributed by atoms with Gasteiger partial charge in [0.25, 0.3) is 0 Å². The molecule has 24 heavy (non-hydrogen) atoms. The van der Waals surface area contributed by atoms with Crippen molar-refractivity contribution in [3.63, 3.8) is 0 Å². The lowest BCUT2D eigenvalue weighted by molar-refractivity contribution is 0.0965. The molecule has 2 aromatic rings. The van der Waals surface area contributed by atoms with Crippen molar-refractivity contribution in [2.45, 2.75) is 36.0 Å². The highest BCUT2D eigenvalue weighted by Crippen LogP contribution is 2.32. The van der Waals surface area contributed by atoms with Crippen molar-refractivity contribution in [3.8, 4) is 0 Å². The fourth-order valence-electron chi connectivity index (χ4n) is 2.80. The van der Waals surface area contributed by atoms with Gasteiger partial charge in [0.2, 0.25) is 0 Å². The summed E-state index contributed by atoms with van der Waals surface area (Å²) in [5.74, 6) is 0. The second-order valence-electron chi connectivity index (χ2n) is 5.83. The summed E-state index contributed by atoms with van der Waals surface area (Å²) in [5.41, 5.74) is 1.90. The van der Waals surface area contributed by atoms with E-state index in [0.717, 1.165) is 11.1 Å². The number of rotatable bonds is 8. The Morgan fingerprint density at radius 3 is 2.25 bits per heavy atom. The Hall–Kier alpha value is -1.91. The molecule has 0 spiro atoms. The Morgan fingerprint density at radius 1 is 1.08 bits per heavy atom. The molecule has 0 amide bonds. The fourth-order valence-corrected chi connectivity index (χ4v) is 4.70. The number of hydrogen-bond acceptors (Lipinski definition) is 3. The van der Waals surface area contributed by atoms with Crippen LogP contribution in [0.1, 0.15) is 30.1 Å². The lowest BCUT2D eigenvalue weighted by Crippen LogP contribution is -2.30. The predicted molar refractivity (Wildman–Crippen MR) is 97.8 cm³/mol. The van der Waals surface area contributed by atoms with E-state index in [1.54, 1.807) is 25.3 Å².